The maximum absolute atomic E-state index is 14.1. The third kappa shape index (κ3) is 1.28. The number of H-pyrrole nitrogens is 1. The van der Waals surface area contributed by atoms with Crippen molar-refractivity contribution in [1.29, 1.82) is 0 Å². The van der Waals surface area contributed by atoms with Crippen LogP contribution in [0, 0.1) is 5.82 Å². The van der Waals surface area contributed by atoms with Gasteiger partial charge < -0.3 is 14.5 Å². The Morgan fingerprint density at radius 1 is 1.14 bits per heavy atom. The van der Waals surface area contributed by atoms with Crippen LogP contribution in [-0.4, -0.2) is 15.1 Å². The summed E-state index contributed by atoms with van der Waals surface area (Å²) in [6, 6.07) is 8.39. The SMILES string of the molecule is Oc1cc2ncccc2c2c1[nH]c1cc(F)c3ccoc3c12. The van der Waals surface area contributed by atoms with Gasteiger partial charge in [-0.2, -0.15) is 0 Å². The molecular weight excluding hydrogens is 283 g/mol. The van der Waals surface area contributed by atoms with Gasteiger partial charge in [0, 0.05) is 23.0 Å². The molecule has 0 atom stereocenters. The number of pyridine rings is 1. The van der Waals surface area contributed by atoms with Crippen molar-refractivity contribution in [1.82, 2.24) is 9.97 Å². The summed E-state index contributed by atoms with van der Waals surface area (Å²) in [5.74, 6) is -0.276. The fourth-order valence-electron chi connectivity index (χ4n) is 3.17. The first-order valence-corrected chi connectivity index (χ1v) is 6.82. The fraction of sp³-hybridized carbons (Fsp3) is 0. The molecule has 0 spiro atoms. The largest absolute Gasteiger partial charge is 0.506 e. The van der Waals surface area contributed by atoms with E-state index in [0.29, 0.717) is 27.5 Å². The number of aromatic hydroxyl groups is 1. The van der Waals surface area contributed by atoms with Crippen molar-refractivity contribution < 1.29 is 13.9 Å². The summed E-state index contributed by atoms with van der Waals surface area (Å²) in [6.45, 7) is 0. The van der Waals surface area contributed by atoms with E-state index in [9.17, 15) is 9.50 Å². The van der Waals surface area contributed by atoms with Gasteiger partial charge in [0.15, 0.2) is 0 Å². The van der Waals surface area contributed by atoms with Crippen molar-refractivity contribution in [2.75, 3.05) is 0 Å². The van der Waals surface area contributed by atoms with E-state index in [-0.39, 0.29) is 11.6 Å². The summed E-state index contributed by atoms with van der Waals surface area (Å²) in [5, 5.41) is 13.1. The van der Waals surface area contributed by atoms with Crippen molar-refractivity contribution in [3.63, 3.8) is 0 Å². The first-order chi connectivity index (χ1) is 10.7. The number of rotatable bonds is 0. The van der Waals surface area contributed by atoms with E-state index < -0.39 is 0 Å². The molecule has 0 radical (unpaired) electrons. The molecule has 0 aliphatic heterocycles. The molecule has 3 heterocycles. The molecule has 106 valence electrons. The van der Waals surface area contributed by atoms with E-state index in [2.05, 4.69) is 9.97 Å². The molecule has 3 aromatic heterocycles. The van der Waals surface area contributed by atoms with E-state index >= 15 is 0 Å². The predicted molar refractivity (Wildman–Crippen MR) is 82.5 cm³/mol. The van der Waals surface area contributed by atoms with E-state index in [0.717, 1.165) is 16.2 Å². The molecule has 2 N–H and O–H groups in total. The number of phenols is 1. The second-order valence-corrected chi connectivity index (χ2v) is 5.29. The summed E-state index contributed by atoms with van der Waals surface area (Å²) in [4.78, 5) is 7.37. The normalized spacial score (nSPS) is 12.0. The van der Waals surface area contributed by atoms with E-state index in [1.807, 2.05) is 12.1 Å². The number of furan rings is 1. The average Bonchev–Trinajstić information content (AvgIpc) is 3.11. The highest BCUT2D eigenvalue weighted by atomic mass is 19.1. The number of hydrogen-bond donors (Lipinski definition) is 2. The summed E-state index contributed by atoms with van der Waals surface area (Å²) in [6.07, 6.45) is 3.14. The molecule has 0 bridgehead atoms. The Labute approximate surface area is 122 Å². The summed E-state index contributed by atoms with van der Waals surface area (Å²) < 4.78 is 19.6. The van der Waals surface area contributed by atoms with Crippen LogP contribution in [0.3, 0.4) is 0 Å². The van der Waals surface area contributed by atoms with Gasteiger partial charge in [0.05, 0.1) is 33.6 Å². The first kappa shape index (κ1) is 11.6. The molecule has 5 aromatic rings. The Bertz CT molecular complexity index is 1200. The lowest BCUT2D eigenvalue weighted by Gasteiger charge is -2.02. The molecule has 0 saturated carbocycles. The Hall–Kier alpha value is -3.08. The number of fused-ring (bicyclic) bond motifs is 7. The number of aromatic nitrogens is 2. The standard InChI is InChI=1S/C17H9FN2O2/c18-10-6-12-15(17-8(10)3-5-22-17)14-9-2-1-4-19-11(9)7-13(21)16(14)20-12/h1-7,20-21H. The highest BCUT2D eigenvalue weighted by Crippen LogP contribution is 2.40. The summed E-state index contributed by atoms with van der Waals surface area (Å²) >= 11 is 0. The van der Waals surface area contributed by atoms with Gasteiger partial charge in [-0.1, -0.05) is 6.07 Å². The molecule has 22 heavy (non-hydrogen) atoms. The van der Waals surface area contributed by atoms with Crippen LogP contribution in [0.5, 0.6) is 5.75 Å². The highest BCUT2D eigenvalue weighted by molar-refractivity contribution is 6.27. The lowest BCUT2D eigenvalue weighted by atomic mass is 10.0. The summed E-state index contributed by atoms with van der Waals surface area (Å²) in [5.41, 5.74) is 2.29. The van der Waals surface area contributed by atoms with Crippen molar-refractivity contribution in [3.8, 4) is 5.75 Å². The van der Waals surface area contributed by atoms with E-state index in [4.69, 9.17) is 4.42 Å². The number of benzene rings is 2. The van der Waals surface area contributed by atoms with Gasteiger partial charge in [-0.3, -0.25) is 4.98 Å². The second-order valence-electron chi connectivity index (χ2n) is 5.29. The van der Waals surface area contributed by atoms with Crippen molar-refractivity contribution in [2.24, 2.45) is 0 Å². The number of nitrogens with zero attached hydrogens (tertiary/aromatic N) is 1. The zero-order valence-corrected chi connectivity index (χ0v) is 11.2. The Balaban J connectivity index is 2.21. The number of halogens is 1. The lowest BCUT2D eigenvalue weighted by Crippen LogP contribution is -1.80. The van der Waals surface area contributed by atoms with E-state index in [1.54, 1.807) is 18.3 Å². The number of nitrogens with one attached hydrogen (secondary N) is 1. The molecule has 0 unspecified atom stereocenters. The lowest BCUT2D eigenvalue weighted by molar-refractivity contribution is 0.481. The highest BCUT2D eigenvalue weighted by Gasteiger charge is 2.18. The average molecular weight is 292 g/mol. The van der Waals surface area contributed by atoms with Crippen LogP contribution in [0.4, 0.5) is 4.39 Å². The fourth-order valence-corrected chi connectivity index (χ4v) is 3.17. The minimum absolute atomic E-state index is 0.0810. The molecule has 2 aromatic carbocycles. The van der Waals surface area contributed by atoms with Gasteiger partial charge in [0.2, 0.25) is 0 Å². The van der Waals surface area contributed by atoms with E-state index in [1.165, 1.54) is 12.3 Å². The smallest absolute Gasteiger partial charge is 0.146 e. The van der Waals surface area contributed by atoms with Crippen molar-refractivity contribution in [2.45, 2.75) is 0 Å². The number of aromatic amines is 1. The van der Waals surface area contributed by atoms with Crippen LogP contribution >= 0.6 is 0 Å². The third-order valence-electron chi connectivity index (χ3n) is 4.09. The van der Waals surface area contributed by atoms with Crippen molar-refractivity contribution >= 4 is 43.7 Å². The minimum Gasteiger partial charge on any atom is -0.506 e. The van der Waals surface area contributed by atoms with Gasteiger partial charge in [0.25, 0.3) is 0 Å². The zero-order valence-electron chi connectivity index (χ0n) is 11.2. The minimum atomic E-state index is -0.357. The quantitative estimate of drug-likeness (QED) is 0.443. The Kier molecular flexibility index (Phi) is 1.98. The molecule has 0 saturated heterocycles. The zero-order chi connectivity index (χ0) is 14.8. The summed E-state index contributed by atoms with van der Waals surface area (Å²) in [7, 11) is 0. The molecule has 0 amide bonds. The van der Waals surface area contributed by atoms with Gasteiger partial charge in [-0.15, -0.1) is 0 Å². The van der Waals surface area contributed by atoms with Gasteiger partial charge in [-0.25, -0.2) is 4.39 Å². The third-order valence-corrected chi connectivity index (χ3v) is 4.09. The topological polar surface area (TPSA) is 62.1 Å². The van der Waals surface area contributed by atoms with Gasteiger partial charge >= 0.3 is 0 Å². The van der Waals surface area contributed by atoms with Crippen LogP contribution in [0.25, 0.3) is 43.7 Å². The molecule has 4 nitrogen and oxygen atoms in total. The van der Waals surface area contributed by atoms with Crippen LogP contribution in [0.1, 0.15) is 0 Å². The van der Waals surface area contributed by atoms with Crippen LogP contribution < -0.4 is 0 Å². The van der Waals surface area contributed by atoms with Crippen LogP contribution in [0.15, 0.2) is 47.2 Å². The molecule has 0 aliphatic rings. The van der Waals surface area contributed by atoms with Crippen LogP contribution in [-0.2, 0) is 0 Å². The second kappa shape index (κ2) is 3.76. The number of hydrogen-bond acceptors (Lipinski definition) is 3. The molecule has 0 fully saturated rings. The Morgan fingerprint density at radius 3 is 2.95 bits per heavy atom. The van der Waals surface area contributed by atoms with Gasteiger partial charge in [-0.05, 0) is 18.2 Å². The first-order valence-electron chi connectivity index (χ1n) is 6.82. The molecular formula is C17H9FN2O2. The van der Waals surface area contributed by atoms with Crippen molar-refractivity contribution in [3.05, 3.63) is 48.6 Å². The van der Waals surface area contributed by atoms with Gasteiger partial charge in [0.1, 0.15) is 17.1 Å². The maximum Gasteiger partial charge on any atom is 0.146 e. The monoisotopic (exact) mass is 292 g/mol. The predicted octanol–water partition coefficient (Wildman–Crippen LogP) is 4.46. The molecule has 5 heteroatoms. The van der Waals surface area contributed by atoms with Crippen LogP contribution in [0.2, 0.25) is 0 Å². The number of phenolic OH excluding ortho intramolecular Hbond substituents is 1. The molecule has 0 aliphatic carbocycles. The molecule has 5 rings (SSSR count). The Morgan fingerprint density at radius 2 is 2.05 bits per heavy atom. The maximum atomic E-state index is 14.1.